The summed E-state index contributed by atoms with van der Waals surface area (Å²) in [6.07, 6.45) is 2.95. The van der Waals surface area contributed by atoms with Crippen LogP contribution in [0.3, 0.4) is 0 Å². The first-order valence-electron chi connectivity index (χ1n) is 6.93. The van der Waals surface area contributed by atoms with Gasteiger partial charge < -0.3 is 5.73 Å². The summed E-state index contributed by atoms with van der Waals surface area (Å²) in [6.45, 7) is 7.55. The molecule has 0 spiro atoms. The zero-order valence-corrected chi connectivity index (χ0v) is 13.1. The summed E-state index contributed by atoms with van der Waals surface area (Å²) in [5, 5.41) is 7.50. The van der Waals surface area contributed by atoms with E-state index in [4.69, 9.17) is 11.1 Å². The highest BCUT2D eigenvalue weighted by atomic mass is 32.2. The lowest BCUT2D eigenvalue weighted by molar-refractivity contribution is 0.219. The molecule has 1 saturated heterocycles. The molecule has 1 heterocycles. The van der Waals surface area contributed by atoms with Crippen LogP contribution in [-0.2, 0) is 9.84 Å². The average Bonchev–Trinajstić information content (AvgIpc) is 2.25. The molecule has 1 rings (SSSR count). The fourth-order valence-corrected chi connectivity index (χ4v) is 4.01. The molecule has 1 aliphatic rings. The minimum atomic E-state index is -2.82. The molecule has 5 nitrogen and oxygen atoms in total. The normalized spacial score (nSPS) is 24.3. The molecule has 3 N–H and O–H groups in total. The lowest BCUT2D eigenvalue weighted by Gasteiger charge is -2.33. The van der Waals surface area contributed by atoms with E-state index in [1.165, 1.54) is 0 Å². The predicted molar refractivity (Wildman–Crippen MR) is 79.2 cm³/mol. The molecule has 19 heavy (non-hydrogen) atoms. The molecule has 0 aromatic carbocycles. The van der Waals surface area contributed by atoms with Gasteiger partial charge in [-0.25, -0.2) is 8.42 Å². The maximum absolute atomic E-state index is 11.5. The molecule has 1 atom stereocenters. The summed E-state index contributed by atoms with van der Waals surface area (Å²) in [5.74, 6) is 0.812. The van der Waals surface area contributed by atoms with Crippen molar-refractivity contribution in [2.75, 3.05) is 24.6 Å². The molecule has 0 aromatic heterocycles. The number of nitrogens with two attached hydrogens (primary N) is 1. The minimum Gasteiger partial charge on any atom is -0.387 e. The zero-order valence-electron chi connectivity index (χ0n) is 12.3. The summed E-state index contributed by atoms with van der Waals surface area (Å²) in [7, 11) is -2.82. The third-order valence-electron chi connectivity index (χ3n) is 4.03. The van der Waals surface area contributed by atoms with E-state index in [1.807, 2.05) is 20.8 Å². The maximum Gasteiger partial charge on any atom is 0.153 e. The summed E-state index contributed by atoms with van der Waals surface area (Å²) in [6, 6.07) is 0.125. The standard InChI is InChI=1S/C13H27N3O2S/c1-11-10-19(17,18)9-8-16(11)7-5-4-6-13(2,3)12(14)15/h11H,4-10H2,1-3H3,(H3,14,15). The number of hydrogen-bond donors (Lipinski definition) is 2. The average molecular weight is 289 g/mol. The highest BCUT2D eigenvalue weighted by Crippen LogP contribution is 2.23. The Hall–Kier alpha value is -0.620. The van der Waals surface area contributed by atoms with Gasteiger partial charge in [-0.3, -0.25) is 10.3 Å². The van der Waals surface area contributed by atoms with E-state index in [-0.39, 0.29) is 28.8 Å². The van der Waals surface area contributed by atoms with Crippen molar-refractivity contribution in [1.29, 1.82) is 5.41 Å². The van der Waals surface area contributed by atoms with E-state index in [0.29, 0.717) is 6.54 Å². The summed E-state index contributed by atoms with van der Waals surface area (Å²) in [5.41, 5.74) is 5.33. The Kier molecular flexibility index (Phi) is 5.38. The third kappa shape index (κ3) is 5.10. The lowest BCUT2D eigenvalue weighted by Crippen LogP contribution is -2.47. The first-order chi connectivity index (χ1) is 8.64. The highest BCUT2D eigenvalue weighted by Gasteiger charge is 2.27. The molecule has 112 valence electrons. The van der Waals surface area contributed by atoms with Crippen LogP contribution in [-0.4, -0.2) is 49.8 Å². The minimum absolute atomic E-state index is 0.125. The van der Waals surface area contributed by atoms with Gasteiger partial charge in [0.25, 0.3) is 0 Å². The SMILES string of the molecule is CC1CS(=O)(=O)CCN1CCCCC(C)(C)C(=N)N. The van der Waals surface area contributed by atoms with E-state index in [9.17, 15) is 8.42 Å². The van der Waals surface area contributed by atoms with Gasteiger partial charge in [0.2, 0.25) is 0 Å². The van der Waals surface area contributed by atoms with E-state index in [2.05, 4.69) is 4.90 Å². The van der Waals surface area contributed by atoms with Crippen molar-refractivity contribution in [2.45, 2.75) is 46.1 Å². The molecule has 6 heteroatoms. The van der Waals surface area contributed by atoms with Crippen LogP contribution in [0, 0.1) is 10.8 Å². The third-order valence-corrected chi connectivity index (χ3v) is 5.83. The summed E-state index contributed by atoms with van der Waals surface area (Å²) in [4.78, 5) is 2.25. The first kappa shape index (κ1) is 16.4. The molecule has 0 amide bonds. The second-order valence-corrected chi connectivity index (χ2v) is 8.48. The van der Waals surface area contributed by atoms with Crippen molar-refractivity contribution in [2.24, 2.45) is 11.1 Å². The van der Waals surface area contributed by atoms with E-state index in [1.54, 1.807) is 0 Å². The molecular weight excluding hydrogens is 262 g/mol. The van der Waals surface area contributed by atoms with Crippen molar-refractivity contribution in [3.63, 3.8) is 0 Å². The molecule has 0 saturated carbocycles. The fraction of sp³-hybridized carbons (Fsp3) is 0.923. The molecule has 1 unspecified atom stereocenters. The van der Waals surface area contributed by atoms with Crippen LogP contribution in [0.5, 0.6) is 0 Å². The molecule has 0 bridgehead atoms. The Morgan fingerprint density at radius 3 is 2.58 bits per heavy atom. The highest BCUT2D eigenvalue weighted by molar-refractivity contribution is 7.91. The monoisotopic (exact) mass is 289 g/mol. The molecule has 0 radical (unpaired) electrons. The van der Waals surface area contributed by atoms with Gasteiger partial charge in [0.15, 0.2) is 9.84 Å². The molecule has 1 aliphatic heterocycles. The Balaban J connectivity index is 2.29. The van der Waals surface area contributed by atoms with Crippen molar-refractivity contribution in [3.8, 4) is 0 Å². The van der Waals surface area contributed by atoms with Crippen LogP contribution in [0.25, 0.3) is 0 Å². The van der Waals surface area contributed by atoms with Gasteiger partial charge in [-0.2, -0.15) is 0 Å². The summed E-state index contributed by atoms with van der Waals surface area (Å²) < 4.78 is 23.0. The number of amidine groups is 1. The van der Waals surface area contributed by atoms with Gasteiger partial charge >= 0.3 is 0 Å². The lowest BCUT2D eigenvalue weighted by atomic mass is 9.86. The van der Waals surface area contributed by atoms with Gasteiger partial charge in [-0.05, 0) is 26.3 Å². The number of sulfone groups is 1. The van der Waals surface area contributed by atoms with Crippen LogP contribution in [0.1, 0.15) is 40.0 Å². The number of rotatable bonds is 6. The number of hydrogen-bond acceptors (Lipinski definition) is 4. The Morgan fingerprint density at radius 2 is 2.05 bits per heavy atom. The van der Waals surface area contributed by atoms with Crippen molar-refractivity contribution in [3.05, 3.63) is 0 Å². The van der Waals surface area contributed by atoms with Crippen LogP contribution in [0.4, 0.5) is 0 Å². The van der Waals surface area contributed by atoms with Crippen LogP contribution < -0.4 is 5.73 Å². The maximum atomic E-state index is 11.5. The number of unbranched alkanes of at least 4 members (excludes halogenated alkanes) is 1. The predicted octanol–water partition coefficient (Wildman–Crippen LogP) is 1.24. The van der Waals surface area contributed by atoms with Gasteiger partial charge in [0.05, 0.1) is 17.3 Å². The topological polar surface area (TPSA) is 87.2 Å². The zero-order chi connectivity index (χ0) is 14.7. The molecular formula is C13H27N3O2S. The number of nitrogens with one attached hydrogen (secondary N) is 1. The van der Waals surface area contributed by atoms with Gasteiger partial charge in [-0.1, -0.05) is 20.3 Å². The summed E-state index contributed by atoms with van der Waals surface area (Å²) >= 11 is 0. The largest absolute Gasteiger partial charge is 0.387 e. The van der Waals surface area contributed by atoms with Crippen LogP contribution >= 0.6 is 0 Å². The second kappa shape index (κ2) is 6.22. The van der Waals surface area contributed by atoms with E-state index >= 15 is 0 Å². The van der Waals surface area contributed by atoms with Gasteiger partial charge in [0.1, 0.15) is 0 Å². The molecule has 0 aliphatic carbocycles. The Labute approximate surface area is 117 Å². The Morgan fingerprint density at radius 1 is 1.42 bits per heavy atom. The molecule has 0 aromatic rings. The number of nitrogens with zero attached hydrogens (tertiary/aromatic N) is 1. The van der Waals surface area contributed by atoms with E-state index in [0.717, 1.165) is 25.8 Å². The molecule has 1 fully saturated rings. The van der Waals surface area contributed by atoms with Crippen LogP contribution in [0.15, 0.2) is 0 Å². The van der Waals surface area contributed by atoms with Crippen molar-refractivity contribution >= 4 is 15.7 Å². The van der Waals surface area contributed by atoms with Crippen molar-refractivity contribution in [1.82, 2.24) is 4.90 Å². The Bertz CT molecular complexity index is 418. The van der Waals surface area contributed by atoms with Gasteiger partial charge in [-0.15, -0.1) is 0 Å². The second-order valence-electron chi connectivity index (χ2n) is 6.25. The van der Waals surface area contributed by atoms with Crippen molar-refractivity contribution < 1.29 is 8.42 Å². The first-order valence-corrected chi connectivity index (χ1v) is 8.75. The van der Waals surface area contributed by atoms with E-state index < -0.39 is 9.84 Å². The quantitative estimate of drug-likeness (QED) is 0.437. The van der Waals surface area contributed by atoms with Crippen LogP contribution in [0.2, 0.25) is 0 Å². The fourth-order valence-electron chi connectivity index (χ4n) is 2.38. The smallest absolute Gasteiger partial charge is 0.153 e. The van der Waals surface area contributed by atoms with Gasteiger partial charge in [0, 0.05) is 18.0 Å².